The lowest BCUT2D eigenvalue weighted by Gasteiger charge is -2.06. The summed E-state index contributed by atoms with van der Waals surface area (Å²) in [5, 5.41) is 3.94. The molecule has 2 rings (SSSR count). The molecule has 0 aliphatic heterocycles. The topological polar surface area (TPSA) is 42.2 Å². The van der Waals surface area contributed by atoms with Crippen LogP contribution in [0.3, 0.4) is 0 Å². The molecule has 0 aliphatic carbocycles. The van der Waals surface area contributed by atoms with Gasteiger partial charge >= 0.3 is 6.18 Å². The molecule has 0 saturated carbocycles. The maximum Gasteiger partial charge on any atom is 0.417 e. The first kappa shape index (κ1) is 14.1. The number of pyridine rings is 1. The second-order valence-electron chi connectivity index (χ2n) is 4.26. The van der Waals surface area contributed by atoms with Gasteiger partial charge in [0.2, 0.25) is 0 Å². The minimum Gasteiger partial charge on any atom is -0.347 e. The predicted octanol–water partition coefficient (Wildman–Crippen LogP) is 3.19. The summed E-state index contributed by atoms with van der Waals surface area (Å²) in [4.78, 5) is 3.65. The number of hydrogen-bond acceptors (Lipinski definition) is 3. The molecule has 2 heterocycles. The van der Waals surface area contributed by atoms with E-state index in [1.54, 1.807) is 6.21 Å². The van der Waals surface area contributed by atoms with Gasteiger partial charge in [-0.25, -0.2) is 4.98 Å². The van der Waals surface area contributed by atoms with Gasteiger partial charge in [-0.2, -0.15) is 18.3 Å². The molecule has 0 amide bonds. The zero-order chi connectivity index (χ0) is 14.8. The molecular weight excluding hydrogens is 269 g/mol. The SMILES string of the molecule is Cc1ccc(/C=N\Nc2ccc(C(F)(F)F)cn2)n1C. The van der Waals surface area contributed by atoms with Crippen LogP contribution < -0.4 is 5.43 Å². The number of nitrogens with one attached hydrogen (secondary N) is 1. The lowest BCUT2D eigenvalue weighted by atomic mass is 10.3. The maximum atomic E-state index is 12.3. The number of halogens is 3. The molecule has 0 aromatic carbocycles. The lowest BCUT2D eigenvalue weighted by Crippen LogP contribution is -2.05. The summed E-state index contributed by atoms with van der Waals surface area (Å²) in [5.41, 5.74) is 3.76. The zero-order valence-electron chi connectivity index (χ0n) is 10.9. The minimum absolute atomic E-state index is 0.250. The van der Waals surface area contributed by atoms with E-state index < -0.39 is 11.7 Å². The summed E-state index contributed by atoms with van der Waals surface area (Å²) >= 11 is 0. The van der Waals surface area contributed by atoms with Crippen molar-refractivity contribution >= 4 is 12.0 Å². The van der Waals surface area contributed by atoms with Gasteiger partial charge < -0.3 is 4.57 Å². The van der Waals surface area contributed by atoms with Crippen LogP contribution in [0.2, 0.25) is 0 Å². The van der Waals surface area contributed by atoms with Crippen LogP contribution in [-0.2, 0) is 13.2 Å². The summed E-state index contributed by atoms with van der Waals surface area (Å²) in [6, 6.07) is 6.02. The van der Waals surface area contributed by atoms with Gasteiger partial charge in [-0.05, 0) is 31.2 Å². The van der Waals surface area contributed by atoms with E-state index in [0.29, 0.717) is 0 Å². The Balaban J connectivity index is 2.03. The fourth-order valence-corrected chi connectivity index (χ4v) is 1.56. The van der Waals surface area contributed by atoms with E-state index >= 15 is 0 Å². The van der Waals surface area contributed by atoms with Crippen molar-refractivity contribution in [3.05, 3.63) is 47.4 Å². The third-order valence-electron chi connectivity index (χ3n) is 2.88. The molecule has 0 radical (unpaired) electrons. The van der Waals surface area contributed by atoms with Crippen LogP contribution in [0.25, 0.3) is 0 Å². The molecular formula is C13H13F3N4. The van der Waals surface area contributed by atoms with Crippen LogP contribution in [0.15, 0.2) is 35.6 Å². The largest absolute Gasteiger partial charge is 0.417 e. The van der Waals surface area contributed by atoms with Gasteiger partial charge in [0.1, 0.15) is 5.82 Å². The van der Waals surface area contributed by atoms with E-state index in [-0.39, 0.29) is 5.82 Å². The van der Waals surface area contributed by atoms with E-state index in [9.17, 15) is 13.2 Å². The fraction of sp³-hybridized carbons (Fsp3) is 0.231. The molecule has 0 bridgehead atoms. The van der Waals surface area contributed by atoms with Crippen LogP contribution in [0.5, 0.6) is 0 Å². The molecule has 0 aliphatic rings. The van der Waals surface area contributed by atoms with Crippen LogP contribution in [0, 0.1) is 6.92 Å². The maximum absolute atomic E-state index is 12.3. The smallest absolute Gasteiger partial charge is 0.347 e. The van der Waals surface area contributed by atoms with Crippen LogP contribution in [-0.4, -0.2) is 15.8 Å². The summed E-state index contributed by atoms with van der Waals surface area (Å²) in [6.45, 7) is 1.96. The predicted molar refractivity (Wildman–Crippen MR) is 70.6 cm³/mol. The molecule has 0 atom stereocenters. The van der Waals surface area contributed by atoms with Gasteiger partial charge in [-0.1, -0.05) is 0 Å². The first-order valence-electron chi connectivity index (χ1n) is 5.82. The molecule has 0 saturated heterocycles. The third kappa shape index (κ3) is 3.17. The Labute approximate surface area is 113 Å². The van der Waals surface area contributed by atoms with Crippen molar-refractivity contribution < 1.29 is 13.2 Å². The summed E-state index contributed by atoms with van der Waals surface area (Å²) in [5.74, 6) is 0.250. The second-order valence-corrected chi connectivity index (χ2v) is 4.26. The Morgan fingerprint density at radius 2 is 2.00 bits per heavy atom. The fourth-order valence-electron chi connectivity index (χ4n) is 1.56. The number of aromatic nitrogens is 2. The van der Waals surface area contributed by atoms with Gasteiger partial charge in [0.05, 0.1) is 17.5 Å². The summed E-state index contributed by atoms with van der Waals surface area (Å²) in [6.07, 6.45) is -2.04. The van der Waals surface area contributed by atoms with Gasteiger partial charge in [-0.15, -0.1) is 0 Å². The van der Waals surface area contributed by atoms with Gasteiger partial charge in [0, 0.05) is 18.9 Å². The van der Waals surface area contributed by atoms with Gasteiger partial charge in [0.15, 0.2) is 0 Å². The molecule has 4 nitrogen and oxygen atoms in total. The molecule has 0 fully saturated rings. The van der Waals surface area contributed by atoms with Crippen molar-refractivity contribution in [2.24, 2.45) is 12.1 Å². The first-order valence-corrected chi connectivity index (χ1v) is 5.82. The normalized spacial score (nSPS) is 12.1. The van der Waals surface area contributed by atoms with Crippen LogP contribution in [0.1, 0.15) is 17.0 Å². The minimum atomic E-state index is -4.38. The quantitative estimate of drug-likeness (QED) is 0.694. The standard InChI is InChI=1S/C13H13F3N4/c1-9-3-5-11(20(9)2)8-18-19-12-6-4-10(7-17-12)13(14,15)16/h3-8H,1-2H3,(H,17,19)/b18-8-. The molecule has 0 unspecified atom stereocenters. The summed E-state index contributed by atoms with van der Waals surface area (Å²) < 4.78 is 39.0. The van der Waals surface area contributed by atoms with E-state index in [1.807, 2.05) is 30.7 Å². The van der Waals surface area contributed by atoms with Crippen molar-refractivity contribution in [2.45, 2.75) is 13.1 Å². The van der Waals surface area contributed by atoms with Crippen molar-refractivity contribution in [3.63, 3.8) is 0 Å². The Morgan fingerprint density at radius 3 is 2.50 bits per heavy atom. The lowest BCUT2D eigenvalue weighted by molar-refractivity contribution is -0.137. The highest BCUT2D eigenvalue weighted by Gasteiger charge is 2.30. The Morgan fingerprint density at radius 1 is 1.25 bits per heavy atom. The van der Waals surface area contributed by atoms with Crippen LogP contribution >= 0.6 is 0 Å². The van der Waals surface area contributed by atoms with Crippen molar-refractivity contribution in [3.8, 4) is 0 Å². The molecule has 0 spiro atoms. The van der Waals surface area contributed by atoms with E-state index in [4.69, 9.17) is 0 Å². The second kappa shape index (κ2) is 5.36. The molecule has 20 heavy (non-hydrogen) atoms. The van der Waals surface area contributed by atoms with Crippen molar-refractivity contribution in [1.29, 1.82) is 0 Å². The highest BCUT2D eigenvalue weighted by atomic mass is 19.4. The average molecular weight is 282 g/mol. The Hall–Kier alpha value is -2.31. The van der Waals surface area contributed by atoms with Gasteiger partial charge in [0.25, 0.3) is 0 Å². The zero-order valence-corrected chi connectivity index (χ0v) is 10.9. The number of hydrogen-bond donors (Lipinski definition) is 1. The van der Waals surface area contributed by atoms with Crippen molar-refractivity contribution in [1.82, 2.24) is 9.55 Å². The number of aryl methyl sites for hydroxylation is 1. The first-order chi connectivity index (χ1) is 9.38. The molecule has 106 valence electrons. The molecule has 1 N–H and O–H groups in total. The van der Waals surface area contributed by atoms with E-state index in [2.05, 4.69) is 15.5 Å². The molecule has 2 aromatic heterocycles. The number of nitrogens with zero attached hydrogens (tertiary/aromatic N) is 3. The summed E-state index contributed by atoms with van der Waals surface area (Å²) in [7, 11) is 1.90. The van der Waals surface area contributed by atoms with Crippen molar-refractivity contribution in [2.75, 3.05) is 5.43 Å². The Bertz CT molecular complexity index is 612. The number of hydrazone groups is 1. The average Bonchev–Trinajstić information content (AvgIpc) is 2.70. The highest BCUT2D eigenvalue weighted by Crippen LogP contribution is 2.28. The molecule has 7 heteroatoms. The molecule has 2 aromatic rings. The van der Waals surface area contributed by atoms with Crippen LogP contribution in [0.4, 0.5) is 19.0 Å². The van der Waals surface area contributed by atoms with Gasteiger partial charge in [-0.3, -0.25) is 5.43 Å². The highest BCUT2D eigenvalue weighted by molar-refractivity contribution is 5.78. The third-order valence-corrected chi connectivity index (χ3v) is 2.88. The number of anilines is 1. The van der Waals surface area contributed by atoms with E-state index in [1.165, 1.54) is 6.07 Å². The van der Waals surface area contributed by atoms with E-state index in [0.717, 1.165) is 23.7 Å². The number of alkyl halides is 3. The Kier molecular flexibility index (Phi) is 3.78. The monoisotopic (exact) mass is 282 g/mol. The number of rotatable bonds is 3.